The minimum absolute atomic E-state index is 0.236. The predicted octanol–water partition coefficient (Wildman–Crippen LogP) is 3.39. The molecule has 3 aromatic rings. The Morgan fingerprint density at radius 3 is 2.33 bits per heavy atom. The molecule has 0 saturated heterocycles. The van der Waals surface area contributed by atoms with Crippen molar-refractivity contribution in [3.63, 3.8) is 0 Å². The SMILES string of the molecule is Cc1cc(Nc2ccc(C(=O)Nc3c(C)cccc3C)nn2)no1. The number of aryl methyl sites for hydroxylation is 3. The zero-order valence-electron chi connectivity index (χ0n) is 13.6. The zero-order valence-corrected chi connectivity index (χ0v) is 13.6. The van der Waals surface area contributed by atoms with Crippen LogP contribution in [0.25, 0.3) is 0 Å². The van der Waals surface area contributed by atoms with Crippen molar-refractivity contribution in [2.75, 3.05) is 10.6 Å². The summed E-state index contributed by atoms with van der Waals surface area (Å²) in [4.78, 5) is 12.3. The van der Waals surface area contributed by atoms with Gasteiger partial charge in [0.25, 0.3) is 5.91 Å². The second-order valence-corrected chi connectivity index (χ2v) is 5.47. The van der Waals surface area contributed by atoms with Crippen molar-refractivity contribution < 1.29 is 9.32 Å². The van der Waals surface area contributed by atoms with Gasteiger partial charge in [-0.2, -0.15) is 0 Å². The molecule has 2 N–H and O–H groups in total. The van der Waals surface area contributed by atoms with E-state index in [1.807, 2.05) is 32.0 Å². The Morgan fingerprint density at radius 1 is 1.00 bits per heavy atom. The summed E-state index contributed by atoms with van der Waals surface area (Å²) in [5, 5.41) is 17.6. The van der Waals surface area contributed by atoms with E-state index in [4.69, 9.17) is 4.52 Å². The number of carbonyl (C=O) groups is 1. The van der Waals surface area contributed by atoms with Gasteiger partial charge in [-0.25, -0.2) is 0 Å². The van der Waals surface area contributed by atoms with Gasteiger partial charge >= 0.3 is 0 Å². The molecule has 0 spiro atoms. The molecule has 0 saturated carbocycles. The molecule has 2 aromatic heterocycles. The minimum atomic E-state index is -0.302. The fraction of sp³-hybridized carbons (Fsp3) is 0.176. The van der Waals surface area contributed by atoms with Crippen LogP contribution in [0.3, 0.4) is 0 Å². The third-order valence-electron chi connectivity index (χ3n) is 3.50. The van der Waals surface area contributed by atoms with Gasteiger partial charge in [0, 0.05) is 11.8 Å². The Morgan fingerprint density at radius 2 is 1.75 bits per heavy atom. The molecule has 0 aliphatic heterocycles. The van der Waals surface area contributed by atoms with E-state index in [0.29, 0.717) is 17.4 Å². The molecule has 0 unspecified atom stereocenters. The first-order valence-electron chi connectivity index (χ1n) is 7.44. The van der Waals surface area contributed by atoms with E-state index < -0.39 is 0 Å². The van der Waals surface area contributed by atoms with Crippen LogP contribution in [0.2, 0.25) is 0 Å². The number of nitrogens with one attached hydrogen (secondary N) is 2. The first-order chi connectivity index (χ1) is 11.5. The van der Waals surface area contributed by atoms with Crippen LogP contribution in [0.5, 0.6) is 0 Å². The molecule has 0 bridgehead atoms. The summed E-state index contributed by atoms with van der Waals surface area (Å²) in [6.45, 7) is 5.69. The molecule has 2 heterocycles. The summed E-state index contributed by atoms with van der Waals surface area (Å²) < 4.78 is 4.96. The first-order valence-corrected chi connectivity index (χ1v) is 7.44. The normalized spacial score (nSPS) is 10.5. The first kappa shape index (κ1) is 15.7. The Kier molecular flexibility index (Phi) is 4.24. The van der Waals surface area contributed by atoms with Gasteiger partial charge in [0.1, 0.15) is 5.76 Å². The second-order valence-electron chi connectivity index (χ2n) is 5.47. The summed E-state index contributed by atoms with van der Waals surface area (Å²) >= 11 is 0. The quantitative estimate of drug-likeness (QED) is 0.764. The van der Waals surface area contributed by atoms with Crippen molar-refractivity contribution in [3.05, 3.63) is 59.0 Å². The van der Waals surface area contributed by atoms with Crippen LogP contribution in [-0.4, -0.2) is 21.3 Å². The fourth-order valence-corrected chi connectivity index (χ4v) is 2.27. The lowest BCUT2D eigenvalue weighted by atomic mass is 10.1. The summed E-state index contributed by atoms with van der Waals surface area (Å²) in [6.07, 6.45) is 0. The Balaban J connectivity index is 1.72. The summed E-state index contributed by atoms with van der Waals surface area (Å²) in [5.74, 6) is 1.40. The fourth-order valence-electron chi connectivity index (χ4n) is 2.27. The van der Waals surface area contributed by atoms with Crippen LogP contribution >= 0.6 is 0 Å². The van der Waals surface area contributed by atoms with E-state index in [0.717, 1.165) is 16.8 Å². The largest absolute Gasteiger partial charge is 0.360 e. The van der Waals surface area contributed by atoms with E-state index in [-0.39, 0.29) is 11.6 Å². The number of hydrogen-bond donors (Lipinski definition) is 2. The van der Waals surface area contributed by atoms with Gasteiger partial charge in [0.15, 0.2) is 17.3 Å². The molecule has 0 radical (unpaired) electrons. The third kappa shape index (κ3) is 3.40. The molecule has 7 heteroatoms. The maximum atomic E-state index is 12.3. The Labute approximate surface area is 139 Å². The van der Waals surface area contributed by atoms with E-state index in [1.165, 1.54) is 0 Å². The van der Waals surface area contributed by atoms with Gasteiger partial charge in [-0.05, 0) is 44.0 Å². The number of rotatable bonds is 4. The van der Waals surface area contributed by atoms with Crippen LogP contribution in [0, 0.1) is 20.8 Å². The molecule has 24 heavy (non-hydrogen) atoms. The van der Waals surface area contributed by atoms with Crippen molar-refractivity contribution in [3.8, 4) is 0 Å². The molecule has 0 atom stereocenters. The average Bonchev–Trinajstić information content (AvgIpc) is 2.96. The maximum absolute atomic E-state index is 12.3. The molecule has 0 fully saturated rings. The Hall–Kier alpha value is -3.22. The topological polar surface area (TPSA) is 92.9 Å². The predicted molar refractivity (Wildman–Crippen MR) is 90.4 cm³/mol. The molecular formula is C17H17N5O2. The zero-order chi connectivity index (χ0) is 17.1. The highest BCUT2D eigenvalue weighted by Gasteiger charge is 2.12. The summed E-state index contributed by atoms with van der Waals surface area (Å²) in [5.41, 5.74) is 3.02. The van der Waals surface area contributed by atoms with Gasteiger partial charge in [-0.15, -0.1) is 10.2 Å². The summed E-state index contributed by atoms with van der Waals surface area (Å²) in [6, 6.07) is 10.8. The smallest absolute Gasteiger partial charge is 0.276 e. The number of anilines is 3. The number of amides is 1. The molecule has 7 nitrogen and oxygen atoms in total. The van der Waals surface area contributed by atoms with Crippen LogP contribution in [0.4, 0.5) is 17.3 Å². The van der Waals surface area contributed by atoms with Crippen LogP contribution in [0.15, 0.2) is 40.9 Å². The number of carbonyl (C=O) groups excluding carboxylic acids is 1. The van der Waals surface area contributed by atoms with Gasteiger partial charge in [-0.3, -0.25) is 4.79 Å². The van der Waals surface area contributed by atoms with Crippen molar-refractivity contribution in [1.29, 1.82) is 0 Å². The monoisotopic (exact) mass is 323 g/mol. The van der Waals surface area contributed by atoms with Crippen molar-refractivity contribution >= 4 is 23.2 Å². The highest BCUT2D eigenvalue weighted by Crippen LogP contribution is 2.20. The number of para-hydroxylation sites is 1. The van der Waals surface area contributed by atoms with Gasteiger partial charge in [-0.1, -0.05) is 23.4 Å². The molecule has 0 aliphatic rings. The van der Waals surface area contributed by atoms with E-state index >= 15 is 0 Å². The molecular weight excluding hydrogens is 306 g/mol. The molecule has 3 rings (SSSR count). The molecule has 122 valence electrons. The standard InChI is InChI=1S/C17H17N5O2/c1-10-5-4-6-11(2)16(10)19-17(23)13-7-8-14(21-20-13)18-15-9-12(3)24-22-15/h4-9H,1-3H3,(H,19,23)(H,18,21,22). The van der Waals surface area contributed by atoms with Crippen LogP contribution in [0.1, 0.15) is 27.4 Å². The molecule has 1 amide bonds. The number of hydrogen-bond acceptors (Lipinski definition) is 6. The number of nitrogens with zero attached hydrogens (tertiary/aromatic N) is 3. The maximum Gasteiger partial charge on any atom is 0.276 e. The van der Waals surface area contributed by atoms with Crippen LogP contribution < -0.4 is 10.6 Å². The molecule has 1 aromatic carbocycles. The highest BCUT2D eigenvalue weighted by molar-refractivity contribution is 6.03. The van der Waals surface area contributed by atoms with Crippen LogP contribution in [-0.2, 0) is 0 Å². The second kappa shape index (κ2) is 6.49. The van der Waals surface area contributed by atoms with Gasteiger partial charge < -0.3 is 15.2 Å². The average molecular weight is 323 g/mol. The summed E-state index contributed by atoms with van der Waals surface area (Å²) in [7, 11) is 0. The lowest BCUT2D eigenvalue weighted by Crippen LogP contribution is -2.16. The van der Waals surface area contributed by atoms with Crippen molar-refractivity contribution in [2.24, 2.45) is 0 Å². The number of benzene rings is 1. The van der Waals surface area contributed by atoms with E-state index in [9.17, 15) is 4.79 Å². The van der Waals surface area contributed by atoms with E-state index in [1.54, 1.807) is 25.1 Å². The van der Waals surface area contributed by atoms with Crippen molar-refractivity contribution in [1.82, 2.24) is 15.4 Å². The Bertz CT molecular complexity index is 851. The lowest BCUT2D eigenvalue weighted by Gasteiger charge is -2.10. The highest BCUT2D eigenvalue weighted by atomic mass is 16.5. The van der Waals surface area contributed by atoms with Gasteiger partial charge in [0.05, 0.1) is 0 Å². The van der Waals surface area contributed by atoms with Gasteiger partial charge in [0.2, 0.25) is 0 Å². The van der Waals surface area contributed by atoms with Crippen molar-refractivity contribution in [2.45, 2.75) is 20.8 Å². The third-order valence-corrected chi connectivity index (χ3v) is 3.50. The molecule has 0 aliphatic carbocycles. The van der Waals surface area contributed by atoms with E-state index in [2.05, 4.69) is 26.0 Å². The minimum Gasteiger partial charge on any atom is -0.360 e. The lowest BCUT2D eigenvalue weighted by molar-refractivity contribution is 0.102. The number of aromatic nitrogens is 3.